The number of aromatic nitrogens is 2. The summed E-state index contributed by atoms with van der Waals surface area (Å²) < 4.78 is 5.27. The molecule has 8 nitrogen and oxygen atoms in total. The molecule has 138 valence electrons. The number of piperazine rings is 1. The van der Waals surface area contributed by atoms with Crippen LogP contribution in [0.1, 0.15) is 38.0 Å². The Hall–Kier alpha value is -1.96. The molecule has 0 bridgehead atoms. The molecule has 2 amide bonds. The van der Waals surface area contributed by atoms with Crippen LogP contribution in [0.5, 0.6) is 0 Å². The summed E-state index contributed by atoms with van der Waals surface area (Å²) in [5.41, 5.74) is 0. The maximum atomic E-state index is 12.5. The molecular weight excluding hydrogens is 322 g/mol. The lowest BCUT2D eigenvalue weighted by atomic mass is 10.0. The molecule has 0 saturated carbocycles. The Morgan fingerprint density at radius 2 is 1.84 bits per heavy atom. The van der Waals surface area contributed by atoms with Crippen molar-refractivity contribution in [2.45, 2.75) is 45.6 Å². The lowest BCUT2D eigenvalue weighted by molar-refractivity contribution is -0.137. The van der Waals surface area contributed by atoms with Gasteiger partial charge in [-0.1, -0.05) is 0 Å². The number of aryl methyl sites for hydroxylation is 1. The third-order valence-corrected chi connectivity index (χ3v) is 5.08. The number of carbonyl (C=O) groups excluding carboxylic acids is 2. The summed E-state index contributed by atoms with van der Waals surface area (Å²) in [6.07, 6.45) is 3.56. The SMILES string of the molecule is Cc1nnc(CC(=O)N2CCN(CC(=O)N3CCCC[C@@H]3C)CC2)o1. The van der Waals surface area contributed by atoms with Crippen LogP contribution in [0.3, 0.4) is 0 Å². The van der Waals surface area contributed by atoms with Gasteiger partial charge in [0.1, 0.15) is 6.42 Å². The minimum atomic E-state index is -0.000667. The average molecular weight is 349 g/mol. The molecule has 0 unspecified atom stereocenters. The first kappa shape index (κ1) is 17.8. The summed E-state index contributed by atoms with van der Waals surface area (Å²) >= 11 is 0. The topological polar surface area (TPSA) is 82.8 Å². The fraction of sp³-hybridized carbons (Fsp3) is 0.765. The van der Waals surface area contributed by atoms with Crippen LogP contribution in [0.4, 0.5) is 0 Å². The molecule has 0 aromatic carbocycles. The van der Waals surface area contributed by atoms with E-state index in [4.69, 9.17) is 4.42 Å². The maximum Gasteiger partial charge on any atom is 0.236 e. The highest BCUT2D eigenvalue weighted by Gasteiger charge is 2.27. The zero-order valence-electron chi connectivity index (χ0n) is 15.1. The minimum Gasteiger partial charge on any atom is -0.425 e. The van der Waals surface area contributed by atoms with E-state index < -0.39 is 0 Å². The summed E-state index contributed by atoms with van der Waals surface area (Å²) in [6, 6.07) is 0.349. The number of hydrogen-bond donors (Lipinski definition) is 0. The molecule has 3 rings (SSSR count). The predicted molar refractivity (Wildman–Crippen MR) is 90.8 cm³/mol. The van der Waals surface area contributed by atoms with Crippen LogP contribution in [0.15, 0.2) is 4.42 Å². The number of piperidine rings is 1. The van der Waals surface area contributed by atoms with Crippen LogP contribution in [0.25, 0.3) is 0 Å². The lowest BCUT2D eigenvalue weighted by Gasteiger charge is -2.38. The van der Waals surface area contributed by atoms with Crippen LogP contribution in [0, 0.1) is 6.92 Å². The van der Waals surface area contributed by atoms with E-state index in [0.717, 1.165) is 32.5 Å². The summed E-state index contributed by atoms with van der Waals surface area (Å²) in [6.45, 7) is 7.89. The highest BCUT2D eigenvalue weighted by molar-refractivity contribution is 5.79. The second-order valence-corrected chi connectivity index (χ2v) is 6.98. The fourth-order valence-corrected chi connectivity index (χ4v) is 3.56. The van der Waals surface area contributed by atoms with Gasteiger partial charge in [-0.05, 0) is 26.2 Å². The monoisotopic (exact) mass is 349 g/mol. The first-order chi connectivity index (χ1) is 12.0. The van der Waals surface area contributed by atoms with Gasteiger partial charge < -0.3 is 14.2 Å². The van der Waals surface area contributed by atoms with Gasteiger partial charge >= 0.3 is 0 Å². The molecule has 0 N–H and O–H groups in total. The van der Waals surface area contributed by atoms with Gasteiger partial charge in [0.25, 0.3) is 0 Å². The number of rotatable bonds is 4. The molecule has 0 aliphatic carbocycles. The smallest absolute Gasteiger partial charge is 0.236 e. The van der Waals surface area contributed by atoms with Gasteiger partial charge in [0.15, 0.2) is 0 Å². The predicted octanol–water partition coefficient (Wildman–Crippen LogP) is 0.466. The van der Waals surface area contributed by atoms with Gasteiger partial charge in [-0.15, -0.1) is 10.2 Å². The van der Waals surface area contributed by atoms with Crippen LogP contribution >= 0.6 is 0 Å². The Kier molecular flexibility index (Phi) is 5.67. The Labute approximate surface area is 148 Å². The van der Waals surface area contributed by atoms with Crippen molar-refractivity contribution in [2.24, 2.45) is 0 Å². The molecule has 2 saturated heterocycles. The molecule has 25 heavy (non-hydrogen) atoms. The van der Waals surface area contributed by atoms with Gasteiger partial charge in [0, 0.05) is 45.7 Å². The lowest BCUT2D eigenvalue weighted by Crippen LogP contribution is -2.53. The van der Waals surface area contributed by atoms with Crippen molar-refractivity contribution >= 4 is 11.8 Å². The van der Waals surface area contributed by atoms with Crippen molar-refractivity contribution < 1.29 is 14.0 Å². The molecule has 0 radical (unpaired) electrons. The molecule has 1 atom stereocenters. The van der Waals surface area contributed by atoms with E-state index in [0.29, 0.717) is 37.5 Å². The van der Waals surface area contributed by atoms with Gasteiger partial charge in [0.05, 0.1) is 6.54 Å². The third kappa shape index (κ3) is 4.56. The molecule has 1 aromatic heterocycles. The third-order valence-electron chi connectivity index (χ3n) is 5.08. The van der Waals surface area contributed by atoms with Crippen molar-refractivity contribution in [3.63, 3.8) is 0 Å². The summed E-state index contributed by atoms with van der Waals surface area (Å²) in [5.74, 6) is 1.05. The number of nitrogens with zero attached hydrogens (tertiary/aromatic N) is 5. The van der Waals surface area contributed by atoms with Crippen LogP contribution < -0.4 is 0 Å². The standard InChI is InChI=1S/C17H27N5O3/c1-13-5-3-4-6-22(13)17(24)12-20-7-9-21(10-8-20)16(23)11-15-19-18-14(2)25-15/h13H,3-12H2,1-2H3/t13-/m0/s1. The molecule has 2 aliphatic heterocycles. The van der Waals surface area contributed by atoms with Crippen LogP contribution in [-0.2, 0) is 16.0 Å². The zero-order chi connectivity index (χ0) is 17.8. The van der Waals surface area contributed by atoms with E-state index >= 15 is 0 Å². The molecule has 0 spiro atoms. The fourth-order valence-electron chi connectivity index (χ4n) is 3.56. The van der Waals surface area contributed by atoms with E-state index in [9.17, 15) is 9.59 Å². The van der Waals surface area contributed by atoms with Gasteiger partial charge in [-0.2, -0.15) is 0 Å². The Morgan fingerprint density at radius 3 is 2.48 bits per heavy atom. The highest BCUT2D eigenvalue weighted by Crippen LogP contribution is 2.17. The van der Waals surface area contributed by atoms with E-state index in [2.05, 4.69) is 22.0 Å². The molecular formula is C17H27N5O3. The van der Waals surface area contributed by atoms with Crippen LogP contribution in [0.2, 0.25) is 0 Å². The molecule has 3 heterocycles. The molecule has 2 aliphatic rings. The van der Waals surface area contributed by atoms with Crippen molar-refractivity contribution in [3.8, 4) is 0 Å². The van der Waals surface area contributed by atoms with Gasteiger partial charge in [0.2, 0.25) is 23.6 Å². The number of amides is 2. The molecule has 2 fully saturated rings. The zero-order valence-corrected chi connectivity index (χ0v) is 15.1. The molecule has 8 heteroatoms. The summed E-state index contributed by atoms with van der Waals surface area (Å²) in [7, 11) is 0. The van der Waals surface area contributed by atoms with Crippen LogP contribution in [-0.4, -0.2) is 82.0 Å². The maximum absolute atomic E-state index is 12.5. The van der Waals surface area contributed by atoms with Crippen molar-refractivity contribution in [1.29, 1.82) is 0 Å². The number of likely N-dealkylation sites (tertiary alicyclic amines) is 1. The Morgan fingerprint density at radius 1 is 1.08 bits per heavy atom. The van der Waals surface area contributed by atoms with E-state index in [-0.39, 0.29) is 18.2 Å². The normalized spacial score (nSPS) is 22.2. The quantitative estimate of drug-likeness (QED) is 0.786. The second-order valence-electron chi connectivity index (χ2n) is 6.98. The first-order valence-electron chi connectivity index (χ1n) is 9.11. The summed E-state index contributed by atoms with van der Waals surface area (Å²) in [5, 5.41) is 7.61. The first-order valence-corrected chi connectivity index (χ1v) is 9.11. The number of carbonyl (C=O) groups is 2. The van der Waals surface area contributed by atoms with E-state index in [1.807, 2.05) is 9.80 Å². The minimum absolute atomic E-state index is 0.000667. The highest BCUT2D eigenvalue weighted by atomic mass is 16.4. The largest absolute Gasteiger partial charge is 0.425 e. The Bertz CT molecular complexity index is 609. The Balaban J connectivity index is 1.43. The van der Waals surface area contributed by atoms with E-state index in [1.165, 1.54) is 6.42 Å². The van der Waals surface area contributed by atoms with Crippen molar-refractivity contribution in [3.05, 3.63) is 11.8 Å². The van der Waals surface area contributed by atoms with E-state index in [1.54, 1.807) is 6.92 Å². The molecule has 1 aromatic rings. The summed E-state index contributed by atoms with van der Waals surface area (Å²) in [4.78, 5) is 30.8. The number of hydrogen-bond acceptors (Lipinski definition) is 6. The second kappa shape index (κ2) is 7.95. The van der Waals surface area contributed by atoms with Gasteiger partial charge in [-0.3, -0.25) is 14.5 Å². The van der Waals surface area contributed by atoms with Crippen molar-refractivity contribution in [2.75, 3.05) is 39.3 Å². The average Bonchev–Trinajstić information content (AvgIpc) is 3.00. The van der Waals surface area contributed by atoms with Crippen molar-refractivity contribution in [1.82, 2.24) is 24.9 Å². The van der Waals surface area contributed by atoms with Gasteiger partial charge in [-0.25, -0.2) is 0 Å².